The number of fused-ring (bicyclic) bond motifs is 1. The van der Waals surface area contributed by atoms with Gasteiger partial charge in [-0.25, -0.2) is 0 Å². The Morgan fingerprint density at radius 2 is 1.25 bits per heavy atom. The van der Waals surface area contributed by atoms with Crippen molar-refractivity contribution in [3.8, 4) is 34.5 Å². The summed E-state index contributed by atoms with van der Waals surface area (Å²) in [5, 5.41) is 41.7. The highest BCUT2D eigenvalue weighted by atomic mass is 16.7. The van der Waals surface area contributed by atoms with Gasteiger partial charge in [0, 0.05) is 18.8 Å². The first-order chi connectivity index (χ1) is 21.1. The molecule has 5 rings (SSSR count). The summed E-state index contributed by atoms with van der Waals surface area (Å²) in [4.78, 5) is 11.3. The van der Waals surface area contributed by atoms with Crippen LogP contribution in [0.15, 0.2) is 24.3 Å². The van der Waals surface area contributed by atoms with Crippen molar-refractivity contribution in [2.24, 2.45) is 11.8 Å². The third kappa shape index (κ3) is 5.93. The fourth-order valence-corrected chi connectivity index (χ4v) is 5.96. The molecule has 3 fully saturated rings. The molecule has 3 saturated heterocycles. The Morgan fingerprint density at radius 1 is 0.773 bits per heavy atom. The number of esters is 1. The van der Waals surface area contributed by atoms with Gasteiger partial charge in [0.2, 0.25) is 17.8 Å². The van der Waals surface area contributed by atoms with Crippen molar-refractivity contribution >= 4 is 5.97 Å². The summed E-state index contributed by atoms with van der Waals surface area (Å²) in [5.74, 6) is 0.371. The minimum absolute atomic E-state index is 0.0141. The molecule has 242 valence electrons. The van der Waals surface area contributed by atoms with Gasteiger partial charge in [0.15, 0.2) is 23.0 Å². The Balaban J connectivity index is 1.38. The maximum absolute atomic E-state index is 11.3. The molecule has 9 unspecified atom stereocenters. The Labute approximate surface area is 253 Å². The maximum Gasteiger partial charge on any atom is 0.302 e. The maximum atomic E-state index is 11.3. The predicted octanol–water partition coefficient (Wildman–Crippen LogP) is 1.25. The van der Waals surface area contributed by atoms with Crippen molar-refractivity contribution < 1.29 is 67.9 Å². The molecule has 14 nitrogen and oxygen atoms in total. The summed E-state index contributed by atoms with van der Waals surface area (Å²) >= 11 is 0. The zero-order valence-corrected chi connectivity index (χ0v) is 25.0. The van der Waals surface area contributed by atoms with Crippen molar-refractivity contribution in [2.45, 2.75) is 49.8 Å². The summed E-state index contributed by atoms with van der Waals surface area (Å²) in [5.41, 5.74) is 1.52. The molecular weight excluding hydrogens is 584 g/mol. The lowest BCUT2D eigenvalue weighted by Crippen LogP contribution is -2.60. The minimum Gasteiger partial charge on any atom is -0.502 e. The molecule has 44 heavy (non-hydrogen) atoms. The summed E-state index contributed by atoms with van der Waals surface area (Å²) in [7, 11) is 5.80. The number of carbonyl (C=O) groups excluding carboxylic acids is 1. The molecule has 0 aromatic heterocycles. The molecule has 2 aromatic rings. The zero-order chi connectivity index (χ0) is 31.7. The second-order valence-electron chi connectivity index (χ2n) is 10.8. The van der Waals surface area contributed by atoms with Crippen LogP contribution >= 0.6 is 0 Å². The average Bonchev–Trinajstić information content (AvgIpc) is 3.63. The number of phenolic OH excluding ortho intramolecular Hbond substituents is 1. The average molecular weight is 623 g/mol. The van der Waals surface area contributed by atoms with Crippen LogP contribution in [0.4, 0.5) is 0 Å². The van der Waals surface area contributed by atoms with Crippen LogP contribution in [0.25, 0.3) is 0 Å². The van der Waals surface area contributed by atoms with Crippen LogP contribution in [-0.4, -0.2) is 105 Å². The number of hydrogen-bond acceptors (Lipinski definition) is 14. The van der Waals surface area contributed by atoms with Gasteiger partial charge in [-0.1, -0.05) is 0 Å². The van der Waals surface area contributed by atoms with Gasteiger partial charge in [0.1, 0.15) is 31.0 Å². The van der Waals surface area contributed by atoms with E-state index in [1.165, 1.54) is 35.4 Å². The van der Waals surface area contributed by atoms with E-state index in [1.54, 1.807) is 24.3 Å². The van der Waals surface area contributed by atoms with Crippen LogP contribution in [0.5, 0.6) is 34.5 Å². The fourth-order valence-electron chi connectivity index (χ4n) is 5.96. The second kappa shape index (κ2) is 13.2. The SMILES string of the molecule is COc1cc(C2OCC3C(c4cc(OC)c(OC5OC(COC(C)=O)C(O)C(O)C5O)c(OC)c4)OCC23)cc(OC)c1O. The van der Waals surface area contributed by atoms with Gasteiger partial charge in [-0.05, 0) is 35.4 Å². The van der Waals surface area contributed by atoms with Crippen molar-refractivity contribution in [3.05, 3.63) is 35.4 Å². The van der Waals surface area contributed by atoms with E-state index in [2.05, 4.69) is 0 Å². The van der Waals surface area contributed by atoms with Gasteiger partial charge < -0.3 is 63.1 Å². The van der Waals surface area contributed by atoms with Gasteiger partial charge in [-0.15, -0.1) is 0 Å². The molecule has 9 atom stereocenters. The van der Waals surface area contributed by atoms with E-state index >= 15 is 0 Å². The van der Waals surface area contributed by atoms with Gasteiger partial charge in [-0.3, -0.25) is 4.79 Å². The quantitative estimate of drug-likeness (QED) is 0.278. The van der Waals surface area contributed by atoms with E-state index in [0.717, 1.165) is 11.1 Å². The van der Waals surface area contributed by atoms with Crippen LogP contribution in [-0.2, 0) is 23.7 Å². The van der Waals surface area contributed by atoms with Gasteiger partial charge in [0.25, 0.3) is 0 Å². The summed E-state index contributed by atoms with van der Waals surface area (Å²) < 4.78 is 50.9. The van der Waals surface area contributed by atoms with E-state index in [9.17, 15) is 25.2 Å². The van der Waals surface area contributed by atoms with Gasteiger partial charge in [-0.2, -0.15) is 0 Å². The van der Waals surface area contributed by atoms with Crippen molar-refractivity contribution in [3.63, 3.8) is 0 Å². The van der Waals surface area contributed by atoms with Crippen LogP contribution in [0, 0.1) is 11.8 Å². The third-order valence-electron chi connectivity index (χ3n) is 8.26. The summed E-state index contributed by atoms with van der Waals surface area (Å²) in [6.07, 6.45) is -8.14. The third-order valence-corrected chi connectivity index (χ3v) is 8.26. The van der Waals surface area contributed by atoms with E-state index in [4.69, 9.17) is 42.6 Å². The predicted molar refractivity (Wildman–Crippen MR) is 149 cm³/mol. The Kier molecular flexibility index (Phi) is 9.58. The number of aliphatic hydroxyl groups is 3. The molecule has 0 saturated carbocycles. The molecule has 0 spiro atoms. The highest BCUT2D eigenvalue weighted by Gasteiger charge is 2.49. The number of ether oxygens (including phenoxy) is 9. The summed E-state index contributed by atoms with van der Waals surface area (Å²) in [6.45, 7) is 1.64. The number of methoxy groups -OCH3 is 4. The van der Waals surface area contributed by atoms with Crippen molar-refractivity contribution in [1.82, 2.24) is 0 Å². The molecule has 4 N–H and O–H groups in total. The standard InChI is InChI=1S/C30H38O14/c1-13(31)40-12-22-24(33)25(34)26(35)30(43-22)44-29-20(38-4)8-15(9-21(29)39-5)28-17-11-41-27(16(17)10-42-28)14-6-18(36-2)23(32)19(7-14)37-3/h6-9,16-17,22,24-28,30,32-35H,10-12H2,1-5H3. The fraction of sp³-hybridized carbons (Fsp3) is 0.567. The van der Waals surface area contributed by atoms with Gasteiger partial charge in [0.05, 0.1) is 53.9 Å². The Morgan fingerprint density at radius 3 is 1.70 bits per heavy atom. The number of rotatable bonds is 10. The lowest BCUT2D eigenvalue weighted by atomic mass is 9.84. The summed E-state index contributed by atoms with van der Waals surface area (Å²) in [6, 6.07) is 6.90. The normalized spacial score (nSPS) is 31.2. The molecule has 0 bridgehead atoms. The van der Waals surface area contributed by atoms with E-state index in [0.29, 0.717) is 13.2 Å². The lowest BCUT2D eigenvalue weighted by Gasteiger charge is -2.40. The molecule has 3 heterocycles. The monoisotopic (exact) mass is 622 g/mol. The number of aromatic hydroxyl groups is 1. The van der Waals surface area contributed by atoms with E-state index in [1.807, 2.05) is 0 Å². The molecule has 2 aromatic carbocycles. The number of aliphatic hydroxyl groups excluding tert-OH is 3. The van der Waals surface area contributed by atoms with E-state index < -0.39 is 36.7 Å². The Hall–Kier alpha value is -3.53. The molecule has 3 aliphatic heterocycles. The second-order valence-corrected chi connectivity index (χ2v) is 10.8. The largest absolute Gasteiger partial charge is 0.502 e. The van der Waals surface area contributed by atoms with Gasteiger partial charge >= 0.3 is 5.97 Å². The highest BCUT2D eigenvalue weighted by Crippen LogP contribution is 2.53. The number of hydrogen-bond donors (Lipinski definition) is 4. The highest BCUT2D eigenvalue weighted by molar-refractivity contribution is 5.65. The topological polar surface area (TPSA) is 181 Å². The van der Waals surface area contributed by atoms with Crippen molar-refractivity contribution in [2.75, 3.05) is 48.3 Å². The number of phenols is 1. The van der Waals surface area contributed by atoms with Crippen LogP contribution in [0.2, 0.25) is 0 Å². The first kappa shape index (κ1) is 31.9. The number of benzene rings is 2. The molecule has 0 amide bonds. The first-order valence-electron chi connectivity index (χ1n) is 14.0. The van der Waals surface area contributed by atoms with E-state index in [-0.39, 0.29) is 65.1 Å². The Bertz CT molecular complexity index is 1280. The minimum atomic E-state index is -1.64. The lowest BCUT2D eigenvalue weighted by molar-refractivity contribution is -0.278. The first-order valence-corrected chi connectivity index (χ1v) is 14.0. The van der Waals surface area contributed by atoms with Crippen molar-refractivity contribution in [1.29, 1.82) is 0 Å². The van der Waals surface area contributed by atoms with Crippen LogP contribution in [0.1, 0.15) is 30.3 Å². The zero-order valence-electron chi connectivity index (χ0n) is 25.0. The van der Waals surface area contributed by atoms with Crippen LogP contribution in [0.3, 0.4) is 0 Å². The number of carbonyl (C=O) groups is 1. The molecule has 0 aliphatic carbocycles. The molecular formula is C30H38O14. The smallest absolute Gasteiger partial charge is 0.302 e. The molecule has 14 heteroatoms. The molecule has 0 radical (unpaired) electrons. The van der Waals surface area contributed by atoms with Crippen LogP contribution < -0.4 is 23.7 Å². The molecule has 3 aliphatic rings.